The monoisotopic (exact) mass is 411 g/mol. The summed E-state index contributed by atoms with van der Waals surface area (Å²) in [6, 6.07) is 0. The number of nitrogens with one attached hydrogen (secondary N) is 1. The van der Waals surface area contributed by atoms with E-state index in [0.717, 1.165) is 0 Å². The summed E-state index contributed by atoms with van der Waals surface area (Å²) in [7, 11) is -4.64. The Kier molecular flexibility index (Phi) is 21.0. The van der Waals surface area contributed by atoms with Crippen LogP contribution in [0.3, 0.4) is 0 Å². The van der Waals surface area contributed by atoms with Crippen molar-refractivity contribution >= 4 is 7.82 Å². The quantitative estimate of drug-likeness (QED) is 0.172. The van der Waals surface area contributed by atoms with Crippen molar-refractivity contribution in [1.82, 2.24) is 5.32 Å². The second-order valence-electron chi connectivity index (χ2n) is 8.04. The maximum Gasteiger partial charge on any atom is 0.466 e. The summed E-state index contributed by atoms with van der Waals surface area (Å²) < 4.78 is 8.88. The number of aliphatic hydroxyl groups is 1. The summed E-state index contributed by atoms with van der Waals surface area (Å²) in [6.45, 7) is 7.71. The van der Waals surface area contributed by atoms with E-state index in [2.05, 4.69) is 26.1 Å². The van der Waals surface area contributed by atoms with Gasteiger partial charge in [-0.2, -0.15) is 0 Å². The molecule has 0 aromatic carbocycles. The third-order valence-corrected chi connectivity index (χ3v) is 4.62. The fourth-order valence-electron chi connectivity index (χ4n) is 3.07. The molecule has 0 saturated heterocycles. The molecule has 0 unspecified atom stereocenters. The molecule has 6 nitrogen and oxygen atoms in total. The van der Waals surface area contributed by atoms with E-state index in [9.17, 15) is 0 Å². The first-order valence-corrected chi connectivity index (χ1v) is 12.3. The average Bonchev–Trinajstić information content (AvgIpc) is 2.56. The zero-order valence-electron chi connectivity index (χ0n) is 18.0. The summed E-state index contributed by atoms with van der Waals surface area (Å²) in [5, 5.41) is 12.3. The van der Waals surface area contributed by atoms with Crippen molar-refractivity contribution in [1.29, 1.82) is 0 Å². The molecule has 0 aromatic heterocycles. The van der Waals surface area contributed by atoms with Gasteiger partial charge < -0.3 is 25.1 Å². The van der Waals surface area contributed by atoms with Gasteiger partial charge in [-0.25, -0.2) is 4.57 Å². The molecule has 0 radical (unpaired) electrons. The highest BCUT2D eigenvalue weighted by atomic mass is 31.2. The molecule has 0 spiro atoms. The summed E-state index contributed by atoms with van der Waals surface area (Å²) in [4.78, 5) is 21.6. The molecule has 0 atom stereocenters. The highest BCUT2D eigenvalue weighted by molar-refractivity contribution is 7.45. The molecule has 0 fully saturated rings. The number of hydrogen-bond donors (Lipinski definition) is 5. The Hall–Kier alpha value is 0.0300. The number of unbranched alkanes of at least 4 members (excludes halogenated alkanes) is 12. The van der Waals surface area contributed by atoms with Gasteiger partial charge in [0.1, 0.15) is 0 Å². The molecule has 0 aliphatic carbocycles. The average molecular weight is 412 g/mol. The molecule has 0 aliphatic heterocycles. The Morgan fingerprint density at radius 1 is 0.741 bits per heavy atom. The van der Waals surface area contributed by atoms with Crippen molar-refractivity contribution in [2.24, 2.45) is 0 Å². The van der Waals surface area contributed by atoms with Crippen molar-refractivity contribution in [3.8, 4) is 0 Å². The number of hydrogen-bond acceptors (Lipinski definition) is 3. The van der Waals surface area contributed by atoms with Crippen LogP contribution in [0.5, 0.6) is 0 Å². The lowest BCUT2D eigenvalue weighted by molar-refractivity contribution is 0.258. The lowest BCUT2D eigenvalue weighted by Crippen LogP contribution is -2.40. The van der Waals surface area contributed by atoms with Crippen LogP contribution in [0.25, 0.3) is 0 Å². The summed E-state index contributed by atoms with van der Waals surface area (Å²) >= 11 is 0. The van der Waals surface area contributed by atoms with Crippen LogP contribution < -0.4 is 5.32 Å². The Labute approximate surface area is 167 Å². The van der Waals surface area contributed by atoms with Gasteiger partial charge >= 0.3 is 7.82 Å². The number of β-amino-alcohol motifs (C(OH)–C–C–N with tert-alkyl or cyclic N) is 1. The van der Waals surface area contributed by atoms with E-state index >= 15 is 0 Å². The Morgan fingerprint density at radius 3 is 1.41 bits per heavy atom. The van der Waals surface area contributed by atoms with Crippen LogP contribution >= 0.6 is 7.82 Å². The second kappa shape index (κ2) is 19.4. The Bertz CT molecular complexity index is 339. The largest absolute Gasteiger partial charge is 0.466 e. The van der Waals surface area contributed by atoms with E-state index in [1.807, 2.05) is 0 Å². The van der Waals surface area contributed by atoms with E-state index in [0.29, 0.717) is 6.54 Å². The zero-order chi connectivity index (χ0) is 21.0. The van der Waals surface area contributed by atoms with Crippen LogP contribution in [0.15, 0.2) is 0 Å². The van der Waals surface area contributed by atoms with E-state index in [-0.39, 0.29) is 12.1 Å². The van der Waals surface area contributed by atoms with Crippen molar-refractivity contribution in [2.45, 2.75) is 116 Å². The van der Waals surface area contributed by atoms with Crippen molar-refractivity contribution < 1.29 is 24.4 Å². The molecule has 166 valence electrons. The van der Waals surface area contributed by atoms with Crippen LogP contribution in [-0.4, -0.2) is 38.5 Å². The first kappa shape index (κ1) is 29.2. The van der Waals surface area contributed by atoms with Gasteiger partial charge in [-0.1, -0.05) is 90.4 Å². The van der Waals surface area contributed by atoms with Gasteiger partial charge in [-0.05, 0) is 20.3 Å². The minimum atomic E-state index is -4.64. The summed E-state index contributed by atoms with van der Waals surface area (Å²) in [5.74, 6) is 0. The molecule has 7 heteroatoms. The normalized spacial score (nSPS) is 12.0. The van der Waals surface area contributed by atoms with Crippen LogP contribution in [0, 0.1) is 0 Å². The number of phosphoric acid groups is 1. The molecule has 0 aliphatic rings. The molecule has 0 rings (SSSR count). The standard InChI is InChI=1S/C20H43NO.H3O4P/c1-4-5-6-7-8-9-10-11-12-13-14-15-16-17-20(2,3)21-18-19-22;1-5(2,3)4/h21-22H,4-19H2,1-3H3;(H3,1,2,3,4). The SMILES string of the molecule is CCCCCCCCCCCCCCCC(C)(C)NCCO.O=P(O)(O)O. The number of aliphatic hydroxyl groups excluding tert-OH is 1. The van der Waals surface area contributed by atoms with Crippen LogP contribution in [-0.2, 0) is 4.57 Å². The van der Waals surface area contributed by atoms with Crippen LogP contribution in [0.2, 0.25) is 0 Å². The molecular weight excluding hydrogens is 365 g/mol. The lowest BCUT2D eigenvalue weighted by Gasteiger charge is -2.26. The third kappa shape index (κ3) is 34.0. The van der Waals surface area contributed by atoms with Gasteiger partial charge in [0, 0.05) is 12.1 Å². The third-order valence-electron chi connectivity index (χ3n) is 4.62. The fraction of sp³-hybridized carbons (Fsp3) is 1.00. The molecule has 0 bridgehead atoms. The maximum absolute atomic E-state index is 8.88. The zero-order valence-corrected chi connectivity index (χ0v) is 18.9. The van der Waals surface area contributed by atoms with Crippen molar-refractivity contribution in [3.05, 3.63) is 0 Å². The first-order chi connectivity index (χ1) is 12.6. The van der Waals surface area contributed by atoms with E-state index in [4.69, 9.17) is 24.4 Å². The Morgan fingerprint density at radius 2 is 1.07 bits per heavy atom. The highest BCUT2D eigenvalue weighted by Gasteiger charge is 2.15. The first-order valence-electron chi connectivity index (χ1n) is 10.8. The molecule has 5 N–H and O–H groups in total. The second-order valence-corrected chi connectivity index (χ2v) is 9.07. The maximum atomic E-state index is 8.88. The lowest BCUT2D eigenvalue weighted by atomic mass is 9.96. The van der Waals surface area contributed by atoms with Crippen LogP contribution in [0.4, 0.5) is 0 Å². The van der Waals surface area contributed by atoms with E-state index < -0.39 is 7.82 Å². The minimum absolute atomic E-state index is 0.181. The van der Waals surface area contributed by atoms with E-state index in [1.165, 1.54) is 89.9 Å². The molecule has 0 amide bonds. The van der Waals surface area contributed by atoms with Gasteiger partial charge in [-0.15, -0.1) is 0 Å². The fourth-order valence-corrected chi connectivity index (χ4v) is 3.07. The van der Waals surface area contributed by atoms with Gasteiger partial charge in [0.25, 0.3) is 0 Å². The molecular formula is C20H46NO5P. The summed E-state index contributed by atoms with van der Waals surface area (Å²) in [6.07, 6.45) is 19.6. The van der Waals surface area contributed by atoms with Crippen LogP contribution in [0.1, 0.15) is 111 Å². The summed E-state index contributed by atoms with van der Waals surface area (Å²) in [5.41, 5.74) is 0.181. The minimum Gasteiger partial charge on any atom is -0.395 e. The molecule has 0 saturated carbocycles. The van der Waals surface area contributed by atoms with Gasteiger partial charge in [0.2, 0.25) is 0 Å². The predicted octanol–water partition coefficient (Wildman–Crippen LogP) is 4.90. The van der Waals surface area contributed by atoms with Gasteiger partial charge in [-0.3, -0.25) is 0 Å². The molecule has 0 aromatic rings. The topological polar surface area (TPSA) is 110 Å². The number of rotatable bonds is 17. The van der Waals surface area contributed by atoms with Gasteiger partial charge in [0.05, 0.1) is 6.61 Å². The van der Waals surface area contributed by atoms with Crippen molar-refractivity contribution in [2.75, 3.05) is 13.2 Å². The highest BCUT2D eigenvalue weighted by Crippen LogP contribution is 2.25. The van der Waals surface area contributed by atoms with Gasteiger partial charge in [0.15, 0.2) is 0 Å². The molecule has 27 heavy (non-hydrogen) atoms. The Balaban J connectivity index is 0. The van der Waals surface area contributed by atoms with E-state index in [1.54, 1.807) is 0 Å². The molecule has 0 heterocycles. The predicted molar refractivity (Wildman–Crippen MR) is 114 cm³/mol. The smallest absolute Gasteiger partial charge is 0.395 e. The van der Waals surface area contributed by atoms with Crippen molar-refractivity contribution in [3.63, 3.8) is 0 Å².